The number of benzene rings is 1. The van der Waals surface area contributed by atoms with Crippen molar-refractivity contribution in [2.45, 2.75) is 19.8 Å². The van der Waals surface area contributed by atoms with Gasteiger partial charge in [0.2, 0.25) is 0 Å². The molecule has 0 aliphatic rings. The zero-order chi connectivity index (χ0) is 17.7. The second kappa shape index (κ2) is 5.78. The lowest BCUT2D eigenvalue weighted by Gasteiger charge is -1.97. The van der Waals surface area contributed by atoms with Crippen LogP contribution in [0.15, 0.2) is 48.7 Å². The van der Waals surface area contributed by atoms with E-state index in [1.165, 1.54) is 0 Å². The third kappa shape index (κ3) is 2.42. The maximum atomic E-state index is 6.22. The maximum Gasteiger partial charge on any atom is 0.174 e. The van der Waals surface area contributed by atoms with Crippen LogP contribution in [0, 0.1) is 6.92 Å². The Balaban J connectivity index is 1.47. The molecule has 0 spiro atoms. The highest BCUT2D eigenvalue weighted by Crippen LogP contribution is 2.19. The first kappa shape index (κ1) is 15.3. The fourth-order valence-corrected chi connectivity index (χ4v) is 3.37. The molecule has 4 aromatic heterocycles. The Morgan fingerprint density at radius 3 is 2.50 bits per heavy atom. The number of pyridine rings is 2. The van der Waals surface area contributed by atoms with Crippen LogP contribution in [0.2, 0.25) is 5.02 Å². The van der Waals surface area contributed by atoms with Crippen LogP contribution in [-0.4, -0.2) is 29.2 Å². The van der Waals surface area contributed by atoms with Crippen LogP contribution < -0.4 is 0 Å². The van der Waals surface area contributed by atoms with Crippen molar-refractivity contribution in [1.82, 2.24) is 29.2 Å². The molecular formula is C19H15ClN6. The van der Waals surface area contributed by atoms with Crippen molar-refractivity contribution in [2.24, 2.45) is 0 Å². The topological polar surface area (TPSA) is 60.4 Å². The first-order chi connectivity index (χ1) is 12.7. The van der Waals surface area contributed by atoms with Crippen LogP contribution in [0.5, 0.6) is 0 Å². The molecule has 0 aliphatic carbocycles. The van der Waals surface area contributed by atoms with Crippen LogP contribution in [-0.2, 0) is 12.8 Å². The van der Waals surface area contributed by atoms with Gasteiger partial charge in [0.05, 0.1) is 5.02 Å². The van der Waals surface area contributed by atoms with E-state index >= 15 is 0 Å². The Kier molecular flexibility index (Phi) is 3.39. The van der Waals surface area contributed by atoms with Crippen molar-refractivity contribution < 1.29 is 0 Å². The number of aryl methyl sites for hydroxylation is 3. The van der Waals surface area contributed by atoms with E-state index in [1.54, 1.807) is 4.52 Å². The number of rotatable bonds is 3. The molecule has 0 bridgehead atoms. The third-order valence-electron chi connectivity index (χ3n) is 4.51. The molecule has 26 heavy (non-hydrogen) atoms. The van der Waals surface area contributed by atoms with Gasteiger partial charge in [-0.05, 0) is 30.5 Å². The Labute approximate surface area is 154 Å². The lowest BCUT2D eigenvalue weighted by Crippen LogP contribution is -1.97. The molecule has 0 aliphatic heterocycles. The number of fused-ring (bicyclic) bond motifs is 4. The molecule has 0 saturated carbocycles. The van der Waals surface area contributed by atoms with Crippen molar-refractivity contribution >= 4 is 33.7 Å². The number of hydrogen-bond donors (Lipinski definition) is 0. The smallest absolute Gasteiger partial charge is 0.174 e. The summed E-state index contributed by atoms with van der Waals surface area (Å²) in [5.41, 5.74) is 2.57. The molecule has 0 unspecified atom stereocenters. The van der Waals surface area contributed by atoms with E-state index in [-0.39, 0.29) is 0 Å². The monoisotopic (exact) mass is 362 g/mol. The molecular weight excluding hydrogens is 348 g/mol. The van der Waals surface area contributed by atoms with E-state index < -0.39 is 0 Å². The van der Waals surface area contributed by atoms with E-state index in [0.717, 1.165) is 33.8 Å². The Bertz CT molecular complexity index is 1230. The van der Waals surface area contributed by atoms with Crippen LogP contribution in [0.25, 0.3) is 22.1 Å². The van der Waals surface area contributed by atoms with Crippen LogP contribution >= 0.6 is 11.6 Å². The minimum absolute atomic E-state index is 0.603. The minimum Gasteiger partial charge on any atom is -0.220 e. The fraction of sp³-hybridized carbons (Fsp3) is 0.158. The Hall–Kier alpha value is -2.99. The summed E-state index contributed by atoms with van der Waals surface area (Å²) >= 11 is 6.22. The number of nitrogens with zero attached hydrogens (tertiary/aromatic N) is 6. The third-order valence-corrected chi connectivity index (χ3v) is 4.81. The van der Waals surface area contributed by atoms with E-state index in [2.05, 4.69) is 33.4 Å². The maximum absolute atomic E-state index is 6.22. The zero-order valence-electron chi connectivity index (χ0n) is 14.1. The van der Waals surface area contributed by atoms with Gasteiger partial charge in [-0.2, -0.15) is 10.2 Å². The quantitative estimate of drug-likeness (QED) is 0.491. The lowest BCUT2D eigenvalue weighted by molar-refractivity contribution is 0.783. The summed E-state index contributed by atoms with van der Waals surface area (Å²) in [6, 6.07) is 14.0. The van der Waals surface area contributed by atoms with Gasteiger partial charge in [0.1, 0.15) is 0 Å². The molecule has 128 valence electrons. The summed E-state index contributed by atoms with van der Waals surface area (Å²) in [4.78, 5) is 9.26. The van der Waals surface area contributed by atoms with Gasteiger partial charge in [-0.25, -0.2) is 19.0 Å². The lowest BCUT2D eigenvalue weighted by atomic mass is 10.2. The minimum atomic E-state index is 0.603. The van der Waals surface area contributed by atoms with Gasteiger partial charge in [-0.3, -0.25) is 0 Å². The highest BCUT2D eigenvalue weighted by atomic mass is 35.5. The average molecular weight is 363 g/mol. The van der Waals surface area contributed by atoms with E-state index in [1.807, 2.05) is 41.9 Å². The molecule has 1 aromatic carbocycles. The number of halogens is 1. The van der Waals surface area contributed by atoms with Crippen LogP contribution in [0.4, 0.5) is 0 Å². The van der Waals surface area contributed by atoms with Crippen molar-refractivity contribution in [3.63, 3.8) is 0 Å². The highest BCUT2D eigenvalue weighted by Gasteiger charge is 2.11. The number of hydrogen-bond acceptors (Lipinski definition) is 4. The van der Waals surface area contributed by atoms with Crippen molar-refractivity contribution in [1.29, 1.82) is 0 Å². The predicted molar refractivity (Wildman–Crippen MR) is 101 cm³/mol. The summed E-state index contributed by atoms with van der Waals surface area (Å²) in [6.45, 7) is 1.98. The van der Waals surface area contributed by atoms with E-state index in [0.29, 0.717) is 23.5 Å². The SMILES string of the molecule is Cc1ccc(Cl)c2nc(CCc3nc4c5ccccc5ccn4n3)nn12. The van der Waals surface area contributed by atoms with Crippen LogP contribution in [0.1, 0.15) is 17.3 Å². The van der Waals surface area contributed by atoms with Crippen LogP contribution in [0.3, 0.4) is 0 Å². The molecule has 6 nitrogen and oxygen atoms in total. The summed E-state index contributed by atoms with van der Waals surface area (Å²) < 4.78 is 3.61. The largest absolute Gasteiger partial charge is 0.220 e. The Morgan fingerprint density at radius 2 is 1.65 bits per heavy atom. The van der Waals surface area contributed by atoms with E-state index in [9.17, 15) is 0 Å². The fourth-order valence-electron chi connectivity index (χ4n) is 3.18. The van der Waals surface area contributed by atoms with Gasteiger partial charge >= 0.3 is 0 Å². The molecule has 5 rings (SSSR count). The van der Waals surface area contributed by atoms with Gasteiger partial charge in [0, 0.05) is 30.1 Å². The molecule has 7 heteroatoms. The summed E-state index contributed by atoms with van der Waals surface area (Å²) in [7, 11) is 0. The molecule has 0 amide bonds. The zero-order valence-corrected chi connectivity index (χ0v) is 14.9. The summed E-state index contributed by atoms with van der Waals surface area (Å²) in [5, 5.41) is 12.0. The van der Waals surface area contributed by atoms with Gasteiger partial charge in [-0.1, -0.05) is 35.9 Å². The predicted octanol–water partition coefficient (Wildman–Crippen LogP) is 3.67. The van der Waals surface area contributed by atoms with Crippen molar-refractivity contribution in [3.05, 3.63) is 71.0 Å². The average Bonchev–Trinajstić information content (AvgIpc) is 3.28. The van der Waals surface area contributed by atoms with Crippen molar-refractivity contribution in [3.8, 4) is 0 Å². The van der Waals surface area contributed by atoms with Crippen molar-refractivity contribution in [2.75, 3.05) is 0 Å². The van der Waals surface area contributed by atoms with Gasteiger partial charge in [0.25, 0.3) is 0 Å². The standard InChI is InChI=1S/C19H15ClN6/c1-12-6-7-15(20)19-22-17(24-26(12)19)9-8-16-21-18-14-5-3-2-4-13(14)10-11-25(18)23-16/h2-7,10-11H,8-9H2,1H3. The molecule has 0 saturated heterocycles. The first-order valence-corrected chi connectivity index (χ1v) is 8.80. The van der Waals surface area contributed by atoms with E-state index in [4.69, 9.17) is 16.6 Å². The highest BCUT2D eigenvalue weighted by molar-refractivity contribution is 6.33. The molecule has 5 aromatic rings. The van der Waals surface area contributed by atoms with Gasteiger partial charge in [0.15, 0.2) is 22.9 Å². The molecule has 0 atom stereocenters. The van der Waals surface area contributed by atoms with Gasteiger partial charge in [-0.15, -0.1) is 0 Å². The first-order valence-electron chi connectivity index (χ1n) is 8.43. The second-order valence-corrected chi connectivity index (χ2v) is 6.69. The second-order valence-electron chi connectivity index (χ2n) is 6.29. The molecule has 0 fully saturated rings. The normalized spacial score (nSPS) is 11.8. The molecule has 0 radical (unpaired) electrons. The molecule has 0 N–H and O–H groups in total. The summed E-state index contributed by atoms with van der Waals surface area (Å²) in [5.74, 6) is 1.52. The Morgan fingerprint density at radius 1 is 0.885 bits per heavy atom. The summed E-state index contributed by atoms with van der Waals surface area (Å²) in [6.07, 6.45) is 3.27. The molecule has 4 heterocycles. The van der Waals surface area contributed by atoms with Gasteiger partial charge < -0.3 is 0 Å². The number of aromatic nitrogens is 6.